The van der Waals surface area contributed by atoms with Crippen LogP contribution >= 0.6 is 15.6 Å². The number of esters is 4. The standard InChI is InChI=1S/C83H150O17P2/c1-5-9-13-17-21-25-29-33-37-38-42-44-48-52-56-60-64-68-81(86)94-74-79(100-83(88)70-66-62-58-54-50-46-41-36-32-28-24-20-16-12-8-4)76-98-102(91,92)96-72-77(84)71-95-101(89,90)97-75-78(99-82(87)69-65-61-57-53-49-45-40-35-31-27-23-19-15-11-7-3)73-93-80(85)67-63-59-55-51-47-43-39-34-30-26-22-18-14-10-6-2/h22-24,26-28,34-36,39-41,77-79,84H,5-21,25,29-33,37-38,42-76H2,1-4H3,(H,89,90)(H,91,92)/b26-22-,27-23-,28-24-,39-34-,40-35-,41-36-/t77-,78-,79-/m1/s1. The summed E-state index contributed by atoms with van der Waals surface area (Å²) in [5, 5.41) is 10.6. The Bertz CT molecular complexity index is 2210. The summed E-state index contributed by atoms with van der Waals surface area (Å²) >= 11 is 0. The topological polar surface area (TPSA) is 237 Å². The number of carbonyl (C=O) groups excluding carboxylic acids is 4. The van der Waals surface area contributed by atoms with Crippen molar-refractivity contribution in [3.05, 3.63) is 72.9 Å². The predicted octanol–water partition coefficient (Wildman–Crippen LogP) is 24.0. The van der Waals surface area contributed by atoms with E-state index in [0.29, 0.717) is 25.7 Å². The lowest BCUT2D eigenvalue weighted by Crippen LogP contribution is -2.30. The summed E-state index contributed by atoms with van der Waals surface area (Å²) in [7, 11) is -9.96. The minimum Gasteiger partial charge on any atom is -0.462 e. The third kappa shape index (κ3) is 74.8. The smallest absolute Gasteiger partial charge is 0.462 e. The van der Waals surface area contributed by atoms with E-state index in [2.05, 4.69) is 101 Å². The van der Waals surface area contributed by atoms with Gasteiger partial charge in [-0.15, -0.1) is 0 Å². The van der Waals surface area contributed by atoms with E-state index in [9.17, 15) is 43.2 Å². The molecule has 0 bridgehead atoms. The lowest BCUT2D eigenvalue weighted by Gasteiger charge is -2.21. The van der Waals surface area contributed by atoms with E-state index in [1.54, 1.807) is 0 Å². The summed E-state index contributed by atoms with van der Waals surface area (Å²) in [6.45, 7) is 4.82. The van der Waals surface area contributed by atoms with Crippen molar-refractivity contribution in [1.29, 1.82) is 0 Å². The van der Waals surface area contributed by atoms with Crippen LogP contribution in [0.2, 0.25) is 0 Å². The van der Waals surface area contributed by atoms with Crippen LogP contribution in [-0.4, -0.2) is 96.7 Å². The van der Waals surface area contributed by atoms with Gasteiger partial charge in [-0.3, -0.25) is 37.3 Å². The molecule has 0 spiro atoms. The third-order valence-corrected chi connectivity index (χ3v) is 19.5. The number of aliphatic hydroxyl groups is 1. The second kappa shape index (κ2) is 75.7. The zero-order valence-corrected chi connectivity index (χ0v) is 66.8. The number of carbonyl (C=O) groups is 4. The highest BCUT2D eigenvalue weighted by molar-refractivity contribution is 7.47. The van der Waals surface area contributed by atoms with E-state index in [1.807, 2.05) is 0 Å². The van der Waals surface area contributed by atoms with Crippen LogP contribution in [0.4, 0.5) is 0 Å². The molecule has 2 unspecified atom stereocenters. The molecular weight excluding hydrogens is 1330 g/mol. The van der Waals surface area contributed by atoms with Gasteiger partial charge >= 0.3 is 39.5 Å². The van der Waals surface area contributed by atoms with E-state index in [0.717, 1.165) is 154 Å². The molecule has 102 heavy (non-hydrogen) atoms. The molecule has 17 nitrogen and oxygen atoms in total. The van der Waals surface area contributed by atoms with Gasteiger partial charge in [-0.1, -0.05) is 300 Å². The van der Waals surface area contributed by atoms with Gasteiger partial charge in [0.15, 0.2) is 12.2 Å². The fraction of sp³-hybridized carbons (Fsp3) is 0.807. The monoisotopic (exact) mass is 1480 g/mol. The first-order valence-corrected chi connectivity index (χ1v) is 44.2. The molecule has 0 aromatic heterocycles. The van der Waals surface area contributed by atoms with Gasteiger partial charge in [0.25, 0.3) is 0 Å². The number of aliphatic hydroxyl groups excluding tert-OH is 1. The molecule has 0 aliphatic heterocycles. The normalized spacial score (nSPS) is 14.2. The van der Waals surface area contributed by atoms with Crippen molar-refractivity contribution in [2.24, 2.45) is 0 Å². The Balaban J connectivity index is 5.36. The van der Waals surface area contributed by atoms with Crippen LogP contribution in [0.15, 0.2) is 72.9 Å². The van der Waals surface area contributed by atoms with Crippen LogP contribution in [-0.2, 0) is 65.4 Å². The molecule has 3 N–H and O–H groups in total. The molecule has 594 valence electrons. The first-order chi connectivity index (χ1) is 49.7. The van der Waals surface area contributed by atoms with E-state index < -0.39 is 97.5 Å². The molecule has 0 saturated carbocycles. The summed E-state index contributed by atoms with van der Waals surface area (Å²) < 4.78 is 68.7. The van der Waals surface area contributed by atoms with Crippen molar-refractivity contribution in [2.45, 2.75) is 393 Å². The molecule has 0 amide bonds. The lowest BCUT2D eigenvalue weighted by molar-refractivity contribution is -0.161. The van der Waals surface area contributed by atoms with Crippen molar-refractivity contribution in [2.75, 3.05) is 39.6 Å². The summed E-state index contributed by atoms with van der Waals surface area (Å²) in [6.07, 6.45) is 77.2. The third-order valence-electron chi connectivity index (χ3n) is 17.6. The predicted molar refractivity (Wildman–Crippen MR) is 418 cm³/mol. The zero-order valence-electron chi connectivity index (χ0n) is 65.0. The molecule has 5 atom stereocenters. The Morgan fingerprint density at radius 1 is 0.275 bits per heavy atom. The van der Waals surface area contributed by atoms with Gasteiger partial charge in [0.05, 0.1) is 26.4 Å². The van der Waals surface area contributed by atoms with Crippen LogP contribution < -0.4 is 0 Å². The number of allylic oxidation sites excluding steroid dienone is 12. The maximum absolute atomic E-state index is 13.1. The Morgan fingerprint density at radius 2 is 0.480 bits per heavy atom. The number of hydrogen-bond acceptors (Lipinski definition) is 15. The van der Waals surface area contributed by atoms with Crippen molar-refractivity contribution in [3.8, 4) is 0 Å². The number of unbranched alkanes of at least 4 members (excludes halogenated alkanes) is 40. The summed E-state index contributed by atoms with van der Waals surface area (Å²) in [5.41, 5.74) is 0. The van der Waals surface area contributed by atoms with Gasteiger partial charge in [0.1, 0.15) is 19.3 Å². The number of phosphoric ester groups is 2. The Kier molecular flexibility index (Phi) is 73.1. The first kappa shape index (κ1) is 98.5. The molecule has 0 aromatic rings. The van der Waals surface area contributed by atoms with Gasteiger partial charge in [0, 0.05) is 25.7 Å². The lowest BCUT2D eigenvalue weighted by atomic mass is 10.0. The number of hydrogen-bond donors (Lipinski definition) is 3. The highest BCUT2D eigenvalue weighted by Gasteiger charge is 2.30. The second-order valence-electron chi connectivity index (χ2n) is 27.7. The Morgan fingerprint density at radius 3 is 0.745 bits per heavy atom. The molecule has 0 saturated heterocycles. The molecule has 0 aliphatic rings. The van der Waals surface area contributed by atoms with Gasteiger partial charge < -0.3 is 33.8 Å². The van der Waals surface area contributed by atoms with Crippen molar-refractivity contribution < 1.29 is 80.2 Å². The average Bonchev–Trinajstić information content (AvgIpc) is 0.926. The molecule has 0 aliphatic carbocycles. The molecule has 0 fully saturated rings. The Hall–Kier alpha value is -3.50. The minimum atomic E-state index is -4.98. The number of phosphoric acid groups is 2. The van der Waals surface area contributed by atoms with Crippen molar-refractivity contribution in [3.63, 3.8) is 0 Å². The number of ether oxygens (including phenoxy) is 4. The molecule has 0 aromatic carbocycles. The zero-order chi connectivity index (χ0) is 74.6. The SMILES string of the molecule is CCCCC/C=C\C/C=C\CCCCCCCC(=O)OC[C@H](COP(=O)(O)OC[C@@H](O)COP(=O)(O)OC[C@@H](COC(=O)CCCCCCCCCCCCCCCCCCC)OC(=O)CCCCCCC/C=C\C/C=C\CCCCC)OC(=O)CCCCCCC/C=C\C/C=C\CCCCC. The van der Waals surface area contributed by atoms with E-state index in [4.69, 9.17) is 37.0 Å². The van der Waals surface area contributed by atoms with Gasteiger partial charge in [-0.25, -0.2) is 9.13 Å². The molecule has 0 heterocycles. The maximum atomic E-state index is 13.1. The summed E-state index contributed by atoms with van der Waals surface area (Å²) in [4.78, 5) is 73.1. The summed E-state index contributed by atoms with van der Waals surface area (Å²) in [5.74, 6) is -2.19. The number of rotatable bonds is 78. The largest absolute Gasteiger partial charge is 0.472 e. The molecule has 0 radical (unpaired) electrons. The maximum Gasteiger partial charge on any atom is 0.472 e. The van der Waals surface area contributed by atoms with Gasteiger partial charge in [0.2, 0.25) is 0 Å². The van der Waals surface area contributed by atoms with Crippen molar-refractivity contribution >= 4 is 39.5 Å². The van der Waals surface area contributed by atoms with Crippen LogP contribution in [0, 0.1) is 0 Å². The first-order valence-electron chi connectivity index (χ1n) is 41.2. The van der Waals surface area contributed by atoms with E-state index in [1.165, 1.54) is 141 Å². The molecular formula is C83H150O17P2. The second-order valence-corrected chi connectivity index (χ2v) is 30.6. The van der Waals surface area contributed by atoms with Crippen LogP contribution in [0.3, 0.4) is 0 Å². The fourth-order valence-electron chi connectivity index (χ4n) is 11.3. The van der Waals surface area contributed by atoms with Crippen LogP contribution in [0.5, 0.6) is 0 Å². The average molecular weight is 1480 g/mol. The van der Waals surface area contributed by atoms with Crippen LogP contribution in [0.1, 0.15) is 374 Å². The quantitative estimate of drug-likeness (QED) is 0.0169. The summed E-state index contributed by atoms with van der Waals surface area (Å²) in [6, 6.07) is 0. The highest BCUT2D eigenvalue weighted by atomic mass is 31.2. The highest BCUT2D eigenvalue weighted by Crippen LogP contribution is 2.45. The minimum absolute atomic E-state index is 0.0781. The van der Waals surface area contributed by atoms with E-state index in [-0.39, 0.29) is 25.7 Å². The van der Waals surface area contributed by atoms with Gasteiger partial charge in [-0.2, -0.15) is 0 Å². The Labute approximate surface area is 622 Å². The van der Waals surface area contributed by atoms with Crippen LogP contribution in [0.25, 0.3) is 0 Å². The molecule has 19 heteroatoms. The fourth-order valence-corrected chi connectivity index (χ4v) is 12.9. The van der Waals surface area contributed by atoms with Gasteiger partial charge in [-0.05, 0) is 122 Å². The van der Waals surface area contributed by atoms with Crippen molar-refractivity contribution in [1.82, 2.24) is 0 Å². The van der Waals surface area contributed by atoms with E-state index >= 15 is 0 Å². The molecule has 0 rings (SSSR count).